The molecule has 0 bridgehead atoms. The van der Waals surface area contributed by atoms with Crippen LogP contribution in [0, 0.1) is 5.92 Å². The van der Waals surface area contributed by atoms with Gasteiger partial charge < -0.3 is 10.6 Å². The molecule has 1 fully saturated rings. The maximum Gasteiger partial charge on any atom is 0.227 e. The van der Waals surface area contributed by atoms with Gasteiger partial charge in [-0.25, -0.2) is 0 Å². The van der Waals surface area contributed by atoms with Crippen molar-refractivity contribution in [2.45, 2.75) is 44.7 Å². The summed E-state index contributed by atoms with van der Waals surface area (Å²) in [5.74, 6) is 0.169. The van der Waals surface area contributed by atoms with Crippen molar-refractivity contribution in [3.8, 4) is 0 Å². The van der Waals surface area contributed by atoms with Crippen LogP contribution < -0.4 is 5.73 Å². The molecule has 2 atom stereocenters. The molecular weight excluding hydrogens is 238 g/mol. The summed E-state index contributed by atoms with van der Waals surface area (Å²) in [7, 11) is 1.85. The number of hydrogen-bond acceptors (Lipinski definition) is 3. The highest BCUT2D eigenvalue weighted by molar-refractivity contribution is 5.79. The van der Waals surface area contributed by atoms with Crippen LogP contribution in [0.2, 0.25) is 0 Å². The van der Waals surface area contributed by atoms with E-state index >= 15 is 0 Å². The highest BCUT2D eigenvalue weighted by Gasteiger charge is 2.29. The lowest BCUT2D eigenvalue weighted by Crippen LogP contribution is -2.41. The molecule has 1 aromatic rings. The molecule has 104 valence electrons. The first kappa shape index (κ1) is 14.0. The molecule has 4 heteroatoms. The number of pyridine rings is 1. The monoisotopic (exact) mass is 261 g/mol. The minimum atomic E-state index is -0.0100. The van der Waals surface area contributed by atoms with E-state index in [1.54, 1.807) is 17.3 Å². The number of aromatic nitrogens is 1. The second-order valence-corrected chi connectivity index (χ2v) is 5.46. The van der Waals surface area contributed by atoms with Crippen molar-refractivity contribution < 1.29 is 4.79 Å². The van der Waals surface area contributed by atoms with Gasteiger partial charge in [0.1, 0.15) is 0 Å². The summed E-state index contributed by atoms with van der Waals surface area (Å²) in [5, 5.41) is 0. The Morgan fingerprint density at radius 2 is 2.21 bits per heavy atom. The fourth-order valence-electron chi connectivity index (χ4n) is 2.77. The maximum absolute atomic E-state index is 12.5. The van der Waals surface area contributed by atoms with Crippen LogP contribution in [0.15, 0.2) is 24.5 Å². The normalized spacial score (nSPS) is 23.7. The molecule has 0 saturated heterocycles. The average Bonchev–Trinajstić information content (AvgIpc) is 2.63. The number of carbonyl (C=O) groups is 1. The Morgan fingerprint density at radius 3 is 2.95 bits per heavy atom. The van der Waals surface area contributed by atoms with Gasteiger partial charge in [0.15, 0.2) is 0 Å². The van der Waals surface area contributed by atoms with Crippen molar-refractivity contribution in [3.05, 3.63) is 30.1 Å². The van der Waals surface area contributed by atoms with Crippen LogP contribution in [0.25, 0.3) is 0 Å². The molecule has 1 aromatic heterocycles. The number of carbonyl (C=O) groups excluding carboxylic acids is 1. The van der Waals surface area contributed by atoms with Crippen molar-refractivity contribution in [2.75, 3.05) is 7.05 Å². The molecule has 1 heterocycles. The third-order valence-electron chi connectivity index (χ3n) is 3.91. The molecule has 0 radical (unpaired) electrons. The van der Waals surface area contributed by atoms with Crippen LogP contribution >= 0.6 is 0 Å². The molecule has 0 aromatic carbocycles. The Bertz CT molecular complexity index is 407. The summed E-state index contributed by atoms with van der Waals surface area (Å²) in [4.78, 5) is 18.4. The van der Waals surface area contributed by atoms with Gasteiger partial charge in [-0.15, -0.1) is 0 Å². The first-order valence-electron chi connectivity index (χ1n) is 7.08. The quantitative estimate of drug-likeness (QED) is 0.846. The van der Waals surface area contributed by atoms with Crippen molar-refractivity contribution in [1.82, 2.24) is 9.88 Å². The number of nitrogens with two attached hydrogens (primary N) is 1. The minimum absolute atomic E-state index is 0.0100. The van der Waals surface area contributed by atoms with Gasteiger partial charge in [-0.2, -0.15) is 0 Å². The summed E-state index contributed by atoms with van der Waals surface area (Å²) < 4.78 is 0. The second-order valence-electron chi connectivity index (χ2n) is 5.46. The third kappa shape index (κ3) is 3.77. The van der Waals surface area contributed by atoms with Gasteiger partial charge in [-0.3, -0.25) is 9.78 Å². The minimum Gasteiger partial charge on any atom is -0.341 e. The topological polar surface area (TPSA) is 59.2 Å². The fourth-order valence-corrected chi connectivity index (χ4v) is 2.77. The smallest absolute Gasteiger partial charge is 0.227 e. The van der Waals surface area contributed by atoms with Gasteiger partial charge in [0.2, 0.25) is 5.91 Å². The third-order valence-corrected chi connectivity index (χ3v) is 3.91. The van der Waals surface area contributed by atoms with E-state index < -0.39 is 0 Å². The molecule has 4 nitrogen and oxygen atoms in total. The van der Waals surface area contributed by atoms with Crippen LogP contribution in [0.1, 0.15) is 37.7 Å². The fraction of sp³-hybridized carbons (Fsp3) is 0.600. The highest BCUT2D eigenvalue weighted by Crippen LogP contribution is 2.24. The second kappa shape index (κ2) is 6.66. The van der Waals surface area contributed by atoms with E-state index in [4.69, 9.17) is 5.73 Å². The lowest BCUT2D eigenvalue weighted by molar-refractivity contribution is -0.135. The van der Waals surface area contributed by atoms with Crippen LogP contribution in [0.3, 0.4) is 0 Å². The van der Waals surface area contributed by atoms with E-state index in [0.29, 0.717) is 6.54 Å². The van der Waals surface area contributed by atoms with Gasteiger partial charge in [0.05, 0.1) is 5.92 Å². The van der Waals surface area contributed by atoms with E-state index in [9.17, 15) is 4.79 Å². The van der Waals surface area contributed by atoms with Crippen molar-refractivity contribution in [1.29, 1.82) is 0 Å². The number of amides is 1. The van der Waals surface area contributed by atoms with Crippen LogP contribution in [0.4, 0.5) is 0 Å². The first-order chi connectivity index (χ1) is 9.18. The molecule has 0 spiro atoms. The van der Waals surface area contributed by atoms with Crippen LogP contribution in [-0.4, -0.2) is 28.9 Å². The zero-order chi connectivity index (χ0) is 13.7. The molecule has 2 N–H and O–H groups in total. The Labute approximate surface area is 115 Å². The number of rotatable bonds is 3. The van der Waals surface area contributed by atoms with E-state index in [1.807, 2.05) is 19.2 Å². The summed E-state index contributed by atoms with van der Waals surface area (Å²) in [6, 6.07) is 3.90. The van der Waals surface area contributed by atoms with Crippen molar-refractivity contribution in [2.24, 2.45) is 11.7 Å². The van der Waals surface area contributed by atoms with Crippen molar-refractivity contribution >= 4 is 5.91 Å². The van der Waals surface area contributed by atoms with Crippen LogP contribution in [0.5, 0.6) is 0 Å². The van der Waals surface area contributed by atoms with Gasteiger partial charge in [-0.05, 0) is 24.5 Å². The number of nitrogens with zero attached hydrogens (tertiary/aromatic N) is 2. The molecule has 1 aliphatic rings. The molecule has 2 unspecified atom stereocenters. The summed E-state index contributed by atoms with van der Waals surface area (Å²) in [6.45, 7) is 0.607. The van der Waals surface area contributed by atoms with Gasteiger partial charge in [-0.1, -0.05) is 25.3 Å². The summed E-state index contributed by atoms with van der Waals surface area (Å²) in [6.07, 6.45) is 8.91. The largest absolute Gasteiger partial charge is 0.341 e. The molecule has 2 rings (SSSR count). The summed E-state index contributed by atoms with van der Waals surface area (Å²) in [5.41, 5.74) is 7.21. The Hall–Kier alpha value is -1.42. The Morgan fingerprint density at radius 1 is 1.42 bits per heavy atom. The average molecular weight is 261 g/mol. The van der Waals surface area contributed by atoms with E-state index in [1.165, 1.54) is 6.42 Å². The predicted octanol–water partition coefficient (Wildman–Crippen LogP) is 1.95. The first-order valence-corrected chi connectivity index (χ1v) is 7.08. The van der Waals surface area contributed by atoms with Gasteiger partial charge in [0.25, 0.3) is 0 Å². The molecule has 1 saturated carbocycles. The van der Waals surface area contributed by atoms with Gasteiger partial charge in [0, 0.05) is 32.0 Å². The molecule has 1 aliphatic carbocycles. The Balaban J connectivity index is 1.97. The maximum atomic E-state index is 12.5. The molecule has 1 amide bonds. The van der Waals surface area contributed by atoms with E-state index in [2.05, 4.69) is 4.98 Å². The summed E-state index contributed by atoms with van der Waals surface area (Å²) >= 11 is 0. The van der Waals surface area contributed by atoms with Crippen molar-refractivity contribution in [3.63, 3.8) is 0 Å². The van der Waals surface area contributed by atoms with Gasteiger partial charge >= 0.3 is 0 Å². The molecule has 0 aliphatic heterocycles. The standard InChI is InChI=1S/C15H23N3O/c1-18(11-12-6-5-9-17-10-12)15(19)13-7-3-2-4-8-14(13)16/h5-6,9-10,13-14H,2-4,7-8,11,16H2,1H3. The lowest BCUT2D eigenvalue weighted by atomic mass is 9.94. The zero-order valence-electron chi connectivity index (χ0n) is 11.6. The van der Waals surface area contributed by atoms with E-state index in [0.717, 1.165) is 31.2 Å². The van der Waals surface area contributed by atoms with Crippen LogP contribution in [-0.2, 0) is 11.3 Å². The molecular formula is C15H23N3O. The van der Waals surface area contributed by atoms with E-state index in [-0.39, 0.29) is 17.9 Å². The molecule has 19 heavy (non-hydrogen) atoms. The highest BCUT2D eigenvalue weighted by atomic mass is 16.2. The SMILES string of the molecule is CN(Cc1cccnc1)C(=O)C1CCCCCC1N. The lowest BCUT2D eigenvalue weighted by Gasteiger charge is -2.26. The Kier molecular flexibility index (Phi) is 4.91. The zero-order valence-corrected chi connectivity index (χ0v) is 11.6. The number of hydrogen-bond donors (Lipinski definition) is 1. The predicted molar refractivity (Wildman–Crippen MR) is 75.3 cm³/mol.